The fourth-order valence-corrected chi connectivity index (χ4v) is 2.38. The third-order valence-corrected chi connectivity index (χ3v) is 3.46. The average Bonchev–Trinajstić information content (AvgIpc) is 2.25. The molecule has 7 heteroatoms. The van der Waals surface area contributed by atoms with Crippen LogP contribution >= 0.6 is 34.8 Å². The van der Waals surface area contributed by atoms with Crippen LogP contribution in [-0.2, 0) is 19.1 Å². The predicted molar refractivity (Wildman–Crippen MR) is 63.2 cm³/mol. The summed E-state index contributed by atoms with van der Waals surface area (Å²) in [4.78, 5) is 32.8. The maximum absolute atomic E-state index is 11.1. The van der Waals surface area contributed by atoms with Crippen LogP contribution in [0.25, 0.3) is 0 Å². The maximum atomic E-state index is 11.1. The highest BCUT2D eigenvalue weighted by Crippen LogP contribution is 2.33. The van der Waals surface area contributed by atoms with Crippen LogP contribution < -0.4 is 0 Å². The minimum atomic E-state index is -0.627. The Hall–Kier alpha value is -0.160. The van der Waals surface area contributed by atoms with Crippen LogP contribution in [0.1, 0.15) is 19.3 Å². The summed E-state index contributed by atoms with van der Waals surface area (Å²) in [5.74, 6) is -0.929. The predicted octanol–water partition coefficient (Wildman–Crippen LogP) is 2.08. The molecule has 0 aromatic heterocycles. The Morgan fingerprint density at radius 1 is 0.941 bits per heavy atom. The molecule has 17 heavy (non-hydrogen) atoms. The molecule has 0 radical (unpaired) electrons. The first-order valence-corrected chi connectivity index (χ1v) is 6.22. The van der Waals surface area contributed by atoms with Gasteiger partial charge in [-0.2, -0.15) is 0 Å². The van der Waals surface area contributed by atoms with Crippen molar-refractivity contribution in [3.63, 3.8) is 0 Å². The fourth-order valence-electron chi connectivity index (χ4n) is 1.96. The summed E-state index contributed by atoms with van der Waals surface area (Å²) in [5, 5.41) is -1.66. The molecule has 0 aromatic rings. The van der Waals surface area contributed by atoms with E-state index in [1.54, 1.807) is 0 Å². The highest BCUT2D eigenvalue weighted by Gasteiger charge is 2.35. The smallest absolute Gasteiger partial charge is 0.247 e. The largest absolute Gasteiger partial charge is 0.369 e. The zero-order valence-corrected chi connectivity index (χ0v) is 11.1. The van der Waals surface area contributed by atoms with Gasteiger partial charge in [-0.3, -0.25) is 14.4 Å². The lowest BCUT2D eigenvalue weighted by Crippen LogP contribution is -2.34. The molecule has 0 aromatic carbocycles. The standard InChI is InChI=1S/C10H11Cl3O4/c11-8(14)4-17-7-2-5(9(12)15)1-6(3-7)10(13)16/h5-7H,1-4H2. The van der Waals surface area contributed by atoms with E-state index in [1.165, 1.54) is 0 Å². The van der Waals surface area contributed by atoms with Crippen molar-refractivity contribution in [2.75, 3.05) is 6.61 Å². The molecule has 0 amide bonds. The van der Waals surface area contributed by atoms with E-state index in [2.05, 4.69) is 0 Å². The summed E-state index contributed by atoms with van der Waals surface area (Å²) >= 11 is 16.0. The Labute approximate surface area is 114 Å². The van der Waals surface area contributed by atoms with Crippen molar-refractivity contribution in [1.82, 2.24) is 0 Å². The van der Waals surface area contributed by atoms with Gasteiger partial charge in [0.05, 0.1) is 6.10 Å². The lowest BCUT2D eigenvalue weighted by molar-refractivity contribution is -0.126. The molecule has 0 bridgehead atoms. The van der Waals surface area contributed by atoms with Crippen molar-refractivity contribution < 1.29 is 19.1 Å². The second-order valence-electron chi connectivity index (χ2n) is 4.00. The lowest BCUT2D eigenvalue weighted by Gasteiger charge is -2.31. The second-order valence-corrected chi connectivity index (χ2v) is 5.16. The molecule has 1 aliphatic carbocycles. The minimum Gasteiger partial charge on any atom is -0.369 e. The van der Waals surface area contributed by atoms with Gasteiger partial charge in [-0.1, -0.05) is 0 Å². The van der Waals surface area contributed by atoms with Crippen molar-refractivity contribution in [2.24, 2.45) is 11.8 Å². The molecule has 96 valence electrons. The van der Waals surface area contributed by atoms with Crippen LogP contribution in [0, 0.1) is 11.8 Å². The van der Waals surface area contributed by atoms with Crippen LogP contribution in [0.3, 0.4) is 0 Å². The molecule has 0 N–H and O–H groups in total. The molecule has 0 spiro atoms. The summed E-state index contributed by atoms with van der Waals surface area (Å²) in [7, 11) is 0. The summed E-state index contributed by atoms with van der Waals surface area (Å²) < 4.78 is 5.20. The molecule has 2 atom stereocenters. The fraction of sp³-hybridized carbons (Fsp3) is 0.700. The maximum Gasteiger partial charge on any atom is 0.247 e. The molecule has 4 nitrogen and oxygen atoms in total. The van der Waals surface area contributed by atoms with Gasteiger partial charge < -0.3 is 4.74 Å². The Kier molecular flexibility index (Phi) is 5.86. The topological polar surface area (TPSA) is 60.4 Å². The van der Waals surface area contributed by atoms with Crippen LogP contribution in [0.2, 0.25) is 0 Å². The van der Waals surface area contributed by atoms with Gasteiger partial charge in [0.15, 0.2) is 0 Å². The molecule has 0 aliphatic heterocycles. The van der Waals surface area contributed by atoms with Gasteiger partial charge in [0, 0.05) is 11.8 Å². The van der Waals surface area contributed by atoms with Gasteiger partial charge in [0.25, 0.3) is 0 Å². The Bertz CT molecular complexity index is 310. The summed E-state index contributed by atoms with van der Waals surface area (Å²) in [5.41, 5.74) is 0. The Morgan fingerprint density at radius 2 is 1.41 bits per heavy atom. The highest BCUT2D eigenvalue weighted by atomic mass is 35.5. The summed E-state index contributed by atoms with van der Waals surface area (Å²) in [6.45, 7) is -0.251. The molecule has 1 saturated carbocycles. The molecule has 0 heterocycles. The zero-order chi connectivity index (χ0) is 13.0. The van der Waals surface area contributed by atoms with E-state index in [-0.39, 0.29) is 6.61 Å². The summed E-state index contributed by atoms with van der Waals surface area (Å²) in [6.07, 6.45) is 0.700. The summed E-state index contributed by atoms with van der Waals surface area (Å²) in [6, 6.07) is 0. The number of ether oxygens (including phenoxy) is 1. The quantitative estimate of drug-likeness (QED) is 0.730. The zero-order valence-electron chi connectivity index (χ0n) is 8.83. The Balaban J connectivity index is 2.61. The van der Waals surface area contributed by atoms with Gasteiger partial charge >= 0.3 is 0 Å². The lowest BCUT2D eigenvalue weighted by atomic mass is 9.81. The molecule has 0 saturated heterocycles. The van der Waals surface area contributed by atoms with Crippen LogP contribution in [0.5, 0.6) is 0 Å². The first kappa shape index (κ1) is 14.9. The average molecular weight is 302 g/mol. The second kappa shape index (κ2) is 6.69. The molecule has 1 fully saturated rings. The van der Waals surface area contributed by atoms with E-state index in [0.29, 0.717) is 19.3 Å². The number of hydrogen-bond acceptors (Lipinski definition) is 4. The van der Waals surface area contributed by atoms with Gasteiger partial charge in [-0.15, -0.1) is 0 Å². The van der Waals surface area contributed by atoms with Crippen LogP contribution in [0.15, 0.2) is 0 Å². The van der Waals surface area contributed by atoms with Crippen molar-refractivity contribution in [2.45, 2.75) is 25.4 Å². The van der Waals surface area contributed by atoms with Crippen molar-refractivity contribution in [3.8, 4) is 0 Å². The monoisotopic (exact) mass is 300 g/mol. The highest BCUT2D eigenvalue weighted by molar-refractivity contribution is 6.65. The molecule has 1 rings (SSSR count). The Morgan fingerprint density at radius 3 is 1.76 bits per heavy atom. The van der Waals surface area contributed by atoms with Gasteiger partial charge in [0.2, 0.25) is 15.7 Å². The van der Waals surface area contributed by atoms with Crippen LogP contribution in [-0.4, -0.2) is 28.4 Å². The number of hydrogen-bond donors (Lipinski definition) is 0. The van der Waals surface area contributed by atoms with Crippen molar-refractivity contribution >= 4 is 50.5 Å². The molecular formula is C10H11Cl3O4. The van der Waals surface area contributed by atoms with E-state index < -0.39 is 33.7 Å². The van der Waals surface area contributed by atoms with Crippen molar-refractivity contribution in [3.05, 3.63) is 0 Å². The van der Waals surface area contributed by atoms with E-state index in [9.17, 15) is 14.4 Å². The van der Waals surface area contributed by atoms with Crippen molar-refractivity contribution in [1.29, 1.82) is 0 Å². The molecule has 2 unspecified atom stereocenters. The number of carbonyl (C=O) groups is 3. The first-order valence-electron chi connectivity index (χ1n) is 5.08. The van der Waals surface area contributed by atoms with E-state index in [4.69, 9.17) is 39.5 Å². The van der Waals surface area contributed by atoms with Gasteiger partial charge in [-0.05, 0) is 54.1 Å². The van der Waals surface area contributed by atoms with E-state index in [1.807, 2.05) is 0 Å². The third-order valence-electron chi connectivity index (χ3n) is 2.74. The molecule has 1 aliphatic rings. The number of halogens is 3. The van der Waals surface area contributed by atoms with E-state index in [0.717, 1.165) is 0 Å². The number of rotatable bonds is 5. The SMILES string of the molecule is O=C(Cl)COC1CC(C(=O)Cl)CC(C(=O)Cl)C1. The van der Waals surface area contributed by atoms with E-state index >= 15 is 0 Å². The normalized spacial score (nSPS) is 28.8. The molecular weight excluding hydrogens is 290 g/mol. The minimum absolute atomic E-state index is 0.251. The van der Waals surface area contributed by atoms with Gasteiger partial charge in [-0.25, -0.2) is 0 Å². The first-order chi connectivity index (χ1) is 7.90. The van der Waals surface area contributed by atoms with Gasteiger partial charge in [0.1, 0.15) is 6.61 Å². The number of carbonyl (C=O) groups excluding carboxylic acids is 3. The van der Waals surface area contributed by atoms with Crippen LogP contribution in [0.4, 0.5) is 0 Å². The third kappa shape index (κ3) is 4.92.